The van der Waals surface area contributed by atoms with Crippen LogP contribution < -0.4 is 15.4 Å². The maximum Gasteiger partial charge on any atom is 0.338 e. The van der Waals surface area contributed by atoms with Crippen LogP contribution in [0.3, 0.4) is 0 Å². The molecule has 0 fully saturated rings. The summed E-state index contributed by atoms with van der Waals surface area (Å²) in [6.07, 6.45) is 0. The highest BCUT2D eigenvalue weighted by Crippen LogP contribution is 2.32. The van der Waals surface area contributed by atoms with E-state index in [1.54, 1.807) is 38.3 Å². The molecule has 2 aromatic carbocycles. The van der Waals surface area contributed by atoms with Gasteiger partial charge in [-0.3, -0.25) is 0 Å². The van der Waals surface area contributed by atoms with E-state index in [-0.39, 0.29) is 12.6 Å². The van der Waals surface area contributed by atoms with Crippen LogP contribution in [0.25, 0.3) is 5.70 Å². The van der Waals surface area contributed by atoms with Crippen molar-refractivity contribution in [2.24, 2.45) is 0 Å². The molecule has 2 N–H and O–H groups in total. The van der Waals surface area contributed by atoms with Gasteiger partial charge in [-0.15, -0.1) is 0 Å². The summed E-state index contributed by atoms with van der Waals surface area (Å²) >= 11 is 0. The number of benzene rings is 2. The zero-order valence-corrected chi connectivity index (χ0v) is 15.5. The normalized spacial score (nSPS) is 16.4. The van der Waals surface area contributed by atoms with Crippen LogP contribution in [0.1, 0.15) is 29.7 Å². The number of methoxy groups -OCH3 is 1. The maximum absolute atomic E-state index is 12.8. The Balaban J connectivity index is 2.16. The topological polar surface area (TPSA) is 76.7 Å². The van der Waals surface area contributed by atoms with E-state index in [9.17, 15) is 9.59 Å². The third-order valence-electron chi connectivity index (χ3n) is 4.32. The number of ether oxygens (including phenoxy) is 2. The van der Waals surface area contributed by atoms with Crippen molar-refractivity contribution < 1.29 is 19.1 Å². The second-order valence-corrected chi connectivity index (χ2v) is 6.18. The highest BCUT2D eigenvalue weighted by atomic mass is 16.5. The van der Waals surface area contributed by atoms with Crippen molar-refractivity contribution >= 4 is 17.7 Å². The monoisotopic (exact) mass is 366 g/mol. The minimum atomic E-state index is -0.602. The van der Waals surface area contributed by atoms with Gasteiger partial charge in [0.1, 0.15) is 5.75 Å². The van der Waals surface area contributed by atoms with Crippen molar-refractivity contribution in [3.05, 3.63) is 70.8 Å². The second-order valence-electron chi connectivity index (χ2n) is 6.18. The molecule has 2 aromatic rings. The van der Waals surface area contributed by atoms with E-state index in [0.29, 0.717) is 22.6 Å². The number of hydrogen-bond donors (Lipinski definition) is 2. The summed E-state index contributed by atoms with van der Waals surface area (Å²) in [7, 11) is 1.58. The maximum atomic E-state index is 12.8. The first-order valence-corrected chi connectivity index (χ1v) is 8.73. The van der Waals surface area contributed by atoms with Crippen LogP contribution in [0, 0.1) is 6.92 Å². The van der Waals surface area contributed by atoms with E-state index in [0.717, 1.165) is 11.1 Å². The molecule has 1 unspecified atom stereocenters. The third-order valence-corrected chi connectivity index (χ3v) is 4.32. The number of aryl methyl sites for hydroxylation is 1. The number of amides is 2. The fourth-order valence-electron chi connectivity index (χ4n) is 3.08. The molecule has 27 heavy (non-hydrogen) atoms. The van der Waals surface area contributed by atoms with Crippen molar-refractivity contribution in [2.75, 3.05) is 13.7 Å². The summed E-state index contributed by atoms with van der Waals surface area (Å²) < 4.78 is 10.5. The summed E-state index contributed by atoms with van der Waals surface area (Å²) in [5.74, 6) is 0.217. The molecule has 0 saturated heterocycles. The van der Waals surface area contributed by atoms with Crippen LogP contribution in [0.2, 0.25) is 0 Å². The van der Waals surface area contributed by atoms with E-state index >= 15 is 0 Å². The molecule has 0 spiro atoms. The molecule has 1 heterocycles. The zero-order chi connectivity index (χ0) is 19.4. The van der Waals surface area contributed by atoms with Gasteiger partial charge in [0, 0.05) is 0 Å². The number of esters is 1. The van der Waals surface area contributed by atoms with Gasteiger partial charge in [0.05, 0.1) is 31.0 Å². The molecule has 140 valence electrons. The average Bonchev–Trinajstić information content (AvgIpc) is 2.67. The largest absolute Gasteiger partial charge is 0.497 e. The number of urea groups is 1. The van der Waals surface area contributed by atoms with Gasteiger partial charge in [-0.2, -0.15) is 0 Å². The SMILES string of the molecule is CCOC(=O)C1=C(c2ccc(OC)cc2)NC(=O)NC1c1cccc(C)c1. The van der Waals surface area contributed by atoms with Crippen LogP contribution in [0.5, 0.6) is 5.75 Å². The predicted octanol–water partition coefficient (Wildman–Crippen LogP) is 3.33. The molecule has 1 aliphatic rings. The van der Waals surface area contributed by atoms with Crippen LogP contribution in [-0.4, -0.2) is 25.7 Å². The van der Waals surface area contributed by atoms with Crippen molar-refractivity contribution in [1.82, 2.24) is 10.6 Å². The second kappa shape index (κ2) is 7.95. The highest BCUT2D eigenvalue weighted by molar-refractivity contribution is 6.04. The molecule has 2 amide bonds. The fraction of sp³-hybridized carbons (Fsp3) is 0.238. The molecular weight excluding hydrogens is 344 g/mol. The molecule has 6 heteroatoms. The molecule has 1 atom stereocenters. The summed E-state index contributed by atoms with van der Waals surface area (Å²) in [5, 5.41) is 5.60. The quantitative estimate of drug-likeness (QED) is 0.796. The molecule has 6 nitrogen and oxygen atoms in total. The Hall–Kier alpha value is -3.28. The Kier molecular flexibility index (Phi) is 5.45. The van der Waals surface area contributed by atoms with E-state index < -0.39 is 12.0 Å². The van der Waals surface area contributed by atoms with E-state index in [1.165, 1.54) is 0 Å². The Bertz CT molecular complexity index is 887. The molecule has 0 aliphatic carbocycles. The van der Waals surface area contributed by atoms with Gasteiger partial charge in [-0.05, 0) is 49.2 Å². The van der Waals surface area contributed by atoms with Crippen LogP contribution in [0.4, 0.5) is 4.79 Å². The Labute approximate surface area is 158 Å². The first kappa shape index (κ1) is 18.5. The Morgan fingerprint density at radius 2 is 1.89 bits per heavy atom. The van der Waals surface area contributed by atoms with Crippen LogP contribution in [0.15, 0.2) is 54.1 Å². The number of rotatable bonds is 5. The number of nitrogens with one attached hydrogen (secondary N) is 2. The lowest BCUT2D eigenvalue weighted by atomic mass is 9.92. The van der Waals surface area contributed by atoms with Gasteiger partial charge in [0.15, 0.2) is 0 Å². The zero-order valence-electron chi connectivity index (χ0n) is 15.5. The van der Waals surface area contributed by atoms with Crippen molar-refractivity contribution in [2.45, 2.75) is 19.9 Å². The van der Waals surface area contributed by atoms with Gasteiger partial charge in [-0.25, -0.2) is 9.59 Å². The van der Waals surface area contributed by atoms with Crippen molar-refractivity contribution in [3.8, 4) is 5.75 Å². The van der Waals surface area contributed by atoms with Gasteiger partial charge >= 0.3 is 12.0 Å². The fourth-order valence-corrected chi connectivity index (χ4v) is 3.08. The summed E-state index contributed by atoms with van der Waals surface area (Å²) in [4.78, 5) is 25.1. The van der Waals surface area contributed by atoms with Gasteiger partial charge < -0.3 is 20.1 Å². The van der Waals surface area contributed by atoms with E-state index in [2.05, 4.69) is 10.6 Å². The average molecular weight is 366 g/mol. The lowest BCUT2D eigenvalue weighted by Crippen LogP contribution is -2.45. The first-order chi connectivity index (χ1) is 13.0. The number of carbonyl (C=O) groups excluding carboxylic acids is 2. The first-order valence-electron chi connectivity index (χ1n) is 8.73. The Morgan fingerprint density at radius 1 is 1.15 bits per heavy atom. The highest BCUT2D eigenvalue weighted by Gasteiger charge is 2.34. The van der Waals surface area contributed by atoms with Crippen LogP contribution in [-0.2, 0) is 9.53 Å². The Morgan fingerprint density at radius 3 is 2.52 bits per heavy atom. The third kappa shape index (κ3) is 3.95. The van der Waals surface area contributed by atoms with Gasteiger partial charge in [0.2, 0.25) is 0 Å². The lowest BCUT2D eigenvalue weighted by Gasteiger charge is -2.29. The smallest absolute Gasteiger partial charge is 0.338 e. The van der Waals surface area contributed by atoms with Gasteiger partial charge in [-0.1, -0.05) is 29.8 Å². The molecule has 0 aromatic heterocycles. The van der Waals surface area contributed by atoms with Crippen molar-refractivity contribution in [1.29, 1.82) is 0 Å². The molecule has 0 saturated carbocycles. The van der Waals surface area contributed by atoms with Crippen molar-refractivity contribution in [3.63, 3.8) is 0 Å². The summed E-state index contributed by atoms with van der Waals surface area (Å²) in [6, 6.07) is 13.9. The van der Waals surface area contributed by atoms with E-state index in [1.807, 2.05) is 31.2 Å². The molecule has 3 rings (SSSR count). The van der Waals surface area contributed by atoms with Gasteiger partial charge in [0.25, 0.3) is 0 Å². The molecule has 0 radical (unpaired) electrons. The minimum Gasteiger partial charge on any atom is -0.497 e. The minimum absolute atomic E-state index is 0.243. The van der Waals surface area contributed by atoms with Crippen LogP contribution >= 0.6 is 0 Å². The number of hydrogen-bond acceptors (Lipinski definition) is 4. The summed E-state index contributed by atoms with van der Waals surface area (Å²) in [6.45, 7) is 3.96. The number of carbonyl (C=O) groups is 2. The molecule has 0 bridgehead atoms. The molecular formula is C21H22N2O4. The van der Waals surface area contributed by atoms with E-state index in [4.69, 9.17) is 9.47 Å². The standard InChI is InChI=1S/C21H22N2O4/c1-4-27-20(24)17-18(14-8-10-16(26-3)11-9-14)22-21(25)23-19(17)15-7-5-6-13(2)12-15/h5-12,19H,4H2,1-3H3,(H2,22,23,25). The summed E-state index contributed by atoms with van der Waals surface area (Å²) in [5.41, 5.74) is 3.36. The molecule has 1 aliphatic heterocycles. The predicted molar refractivity (Wildman–Crippen MR) is 102 cm³/mol. The lowest BCUT2D eigenvalue weighted by molar-refractivity contribution is -0.138.